The molecule has 6 nitrogen and oxygen atoms in total. The number of hydrogen-bond donors (Lipinski definition) is 2. The van der Waals surface area contributed by atoms with Gasteiger partial charge in [0.2, 0.25) is 0 Å². The van der Waals surface area contributed by atoms with Crippen molar-refractivity contribution in [3.63, 3.8) is 0 Å². The summed E-state index contributed by atoms with van der Waals surface area (Å²) in [7, 11) is 0. The van der Waals surface area contributed by atoms with Crippen molar-refractivity contribution in [3.05, 3.63) is 58.9 Å². The lowest BCUT2D eigenvalue weighted by atomic mass is 10.0. The average Bonchev–Trinajstić information content (AvgIpc) is 3.41. The molecule has 1 aromatic carbocycles. The van der Waals surface area contributed by atoms with Gasteiger partial charge in [-0.2, -0.15) is 5.10 Å². The molecule has 1 aliphatic heterocycles. The maximum absolute atomic E-state index is 13.3. The van der Waals surface area contributed by atoms with Crippen LogP contribution in [0.4, 0.5) is 0 Å². The van der Waals surface area contributed by atoms with Gasteiger partial charge < -0.3 is 10.2 Å². The zero-order chi connectivity index (χ0) is 22.0. The summed E-state index contributed by atoms with van der Waals surface area (Å²) in [5.41, 5.74) is 4.88. The minimum Gasteiger partial charge on any atom is -0.348 e. The number of nitrogens with one attached hydrogen (secondary N) is 2. The van der Waals surface area contributed by atoms with Gasteiger partial charge in [0.05, 0.1) is 30.2 Å². The molecule has 0 bridgehead atoms. The molecule has 0 atom stereocenters. The van der Waals surface area contributed by atoms with Crippen LogP contribution in [0.1, 0.15) is 79.7 Å². The van der Waals surface area contributed by atoms with E-state index < -0.39 is 0 Å². The second kappa shape index (κ2) is 9.18. The molecular formula is C25H34N5O+. The molecule has 3 aromatic rings. The summed E-state index contributed by atoms with van der Waals surface area (Å²) in [5, 5.41) is 8.47. The molecule has 6 heteroatoms. The monoisotopic (exact) mass is 420 g/mol. The van der Waals surface area contributed by atoms with Crippen LogP contribution in [0, 0.1) is 0 Å². The predicted molar refractivity (Wildman–Crippen MR) is 123 cm³/mol. The smallest absolute Gasteiger partial charge is 0.252 e. The van der Waals surface area contributed by atoms with Crippen molar-refractivity contribution in [1.82, 2.24) is 20.1 Å². The number of rotatable bonds is 7. The van der Waals surface area contributed by atoms with Crippen LogP contribution in [0.25, 0.3) is 11.0 Å². The first-order valence-electron chi connectivity index (χ1n) is 11.5. The van der Waals surface area contributed by atoms with Crippen molar-refractivity contribution >= 4 is 16.9 Å². The van der Waals surface area contributed by atoms with Gasteiger partial charge in [-0.05, 0) is 31.4 Å². The van der Waals surface area contributed by atoms with Crippen molar-refractivity contribution in [2.45, 2.75) is 65.6 Å². The van der Waals surface area contributed by atoms with Gasteiger partial charge in [0.25, 0.3) is 5.91 Å². The number of fused-ring (bicyclic) bond motifs is 1. The highest BCUT2D eigenvalue weighted by molar-refractivity contribution is 6.05. The third-order valence-corrected chi connectivity index (χ3v) is 6.22. The highest BCUT2D eigenvalue weighted by Gasteiger charge is 2.20. The van der Waals surface area contributed by atoms with Crippen molar-refractivity contribution in [1.29, 1.82) is 0 Å². The molecule has 0 unspecified atom stereocenters. The SMILES string of the molecule is CC(C)c1cc(C(=O)NCc2ccccc2C[NH+]2CCCC2)c2cnn(C(C)C)c2n1. The quantitative estimate of drug-likeness (QED) is 0.617. The fourth-order valence-corrected chi connectivity index (χ4v) is 4.39. The van der Waals surface area contributed by atoms with Gasteiger partial charge in [-0.1, -0.05) is 38.1 Å². The molecule has 1 fully saturated rings. The van der Waals surface area contributed by atoms with E-state index in [0.29, 0.717) is 12.1 Å². The highest BCUT2D eigenvalue weighted by atomic mass is 16.1. The zero-order valence-corrected chi connectivity index (χ0v) is 19.1. The lowest BCUT2D eigenvalue weighted by Gasteiger charge is -2.16. The Balaban J connectivity index is 1.58. The molecule has 3 heterocycles. The fourth-order valence-electron chi connectivity index (χ4n) is 4.39. The van der Waals surface area contributed by atoms with E-state index >= 15 is 0 Å². The summed E-state index contributed by atoms with van der Waals surface area (Å²) in [5.74, 6) is 0.163. The van der Waals surface area contributed by atoms with Crippen LogP contribution < -0.4 is 10.2 Å². The summed E-state index contributed by atoms with van der Waals surface area (Å²) in [6.07, 6.45) is 4.40. The maximum Gasteiger partial charge on any atom is 0.252 e. The van der Waals surface area contributed by atoms with Crippen LogP contribution in [0.15, 0.2) is 36.5 Å². The summed E-state index contributed by atoms with van der Waals surface area (Å²) in [6, 6.07) is 10.6. The molecule has 2 aromatic heterocycles. The summed E-state index contributed by atoms with van der Waals surface area (Å²) in [4.78, 5) is 19.7. The van der Waals surface area contributed by atoms with Gasteiger partial charge in [0.1, 0.15) is 6.54 Å². The summed E-state index contributed by atoms with van der Waals surface area (Å²) in [6.45, 7) is 12.4. The molecule has 31 heavy (non-hydrogen) atoms. The summed E-state index contributed by atoms with van der Waals surface area (Å²) >= 11 is 0. The second-order valence-electron chi connectivity index (χ2n) is 9.25. The van der Waals surface area contributed by atoms with Crippen molar-refractivity contribution in [2.75, 3.05) is 13.1 Å². The van der Waals surface area contributed by atoms with E-state index in [1.165, 1.54) is 37.1 Å². The first kappa shape index (κ1) is 21.5. The molecule has 1 amide bonds. The van der Waals surface area contributed by atoms with Crippen LogP contribution in [0.5, 0.6) is 0 Å². The van der Waals surface area contributed by atoms with Gasteiger partial charge in [-0.15, -0.1) is 0 Å². The molecule has 4 rings (SSSR count). The van der Waals surface area contributed by atoms with E-state index in [4.69, 9.17) is 4.98 Å². The number of carbonyl (C=O) groups is 1. The van der Waals surface area contributed by atoms with Gasteiger partial charge in [0.15, 0.2) is 5.65 Å². The molecule has 2 N–H and O–H groups in total. The highest BCUT2D eigenvalue weighted by Crippen LogP contribution is 2.24. The Morgan fingerprint density at radius 1 is 1.13 bits per heavy atom. The molecule has 0 spiro atoms. The molecule has 1 saturated heterocycles. The molecular weight excluding hydrogens is 386 g/mol. The molecule has 0 radical (unpaired) electrons. The largest absolute Gasteiger partial charge is 0.348 e. The number of hydrogen-bond acceptors (Lipinski definition) is 3. The Labute approximate surface area is 184 Å². The zero-order valence-electron chi connectivity index (χ0n) is 19.1. The molecule has 0 saturated carbocycles. The predicted octanol–water partition coefficient (Wildman–Crippen LogP) is 3.24. The Hall–Kier alpha value is -2.73. The van der Waals surface area contributed by atoms with Crippen molar-refractivity contribution < 1.29 is 9.69 Å². The molecule has 1 aliphatic rings. The minimum atomic E-state index is -0.0686. The Morgan fingerprint density at radius 3 is 2.52 bits per heavy atom. The van der Waals surface area contributed by atoms with Crippen molar-refractivity contribution in [3.8, 4) is 0 Å². The number of pyridine rings is 1. The number of carbonyl (C=O) groups excluding carboxylic acids is 1. The van der Waals surface area contributed by atoms with E-state index in [-0.39, 0.29) is 17.9 Å². The second-order valence-corrected chi connectivity index (χ2v) is 9.25. The Kier molecular flexibility index (Phi) is 6.37. The molecule has 0 aliphatic carbocycles. The van der Waals surface area contributed by atoms with Gasteiger partial charge in [-0.3, -0.25) is 4.79 Å². The van der Waals surface area contributed by atoms with E-state index in [2.05, 4.69) is 62.4 Å². The fraction of sp³-hybridized carbons (Fsp3) is 0.480. The van der Waals surface area contributed by atoms with Gasteiger partial charge in [0, 0.05) is 36.7 Å². The first-order valence-corrected chi connectivity index (χ1v) is 11.5. The van der Waals surface area contributed by atoms with Gasteiger partial charge >= 0.3 is 0 Å². The first-order chi connectivity index (χ1) is 14.9. The molecule has 164 valence electrons. The van der Waals surface area contributed by atoms with Crippen LogP contribution in [-0.2, 0) is 13.1 Å². The number of nitrogens with zero attached hydrogens (tertiary/aromatic N) is 3. The topological polar surface area (TPSA) is 64.2 Å². The van der Waals surface area contributed by atoms with Crippen LogP contribution in [-0.4, -0.2) is 33.8 Å². The van der Waals surface area contributed by atoms with Crippen LogP contribution in [0.3, 0.4) is 0 Å². The third kappa shape index (κ3) is 4.64. The number of likely N-dealkylation sites (tertiary alicyclic amines) is 1. The number of aromatic nitrogens is 3. The van der Waals surface area contributed by atoms with E-state index in [1.54, 1.807) is 11.1 Å². The van der Waals surface area contributed by atoms with Crippen LogP contribution >= 0.6 is 0 Å². The van der Waals surface area contributed by atoms with Crippen LogP contribution in [0.2, 0.25) is 0 Å². The standard InChI is InChI=1S/C25H33N5O/c1-17(2)23-13-21(22-15-27-30(18(3)4)24(22)28-23)25(31)26-14-19-9-5-6-10-20(19)16-29-11-7-8-12-29/h5-6,9-10,13,15,17-18H,7-8,11-12,14,16H2,1-4H3,(H,26,31)/p+1. The lowest BCUT2D eigenvalue weighted by molar-refractivity contribution is -0.901. The number of benzene rings is 1. The summed E-state index contributed by atoms with van der Waals surface area (Å²) < 4.78 is 1.89. The van der Waals surface area contributed by atoms with E-state index in [0.717, 1.165) is 23.3 Å². The Morgan fingerprint density at radius 2 is 1.84 bits per heavy atom. The maximum atomic E-state index is 13.3. The Bertz CT molecular complexity index is 1060. The minimum absolute atomic E-state index is 0.0686. The normalized spacial score (nSPS) is 14.8. The lowest BCUT2D eigenvalue weighted by Crippen LogP contribution is -3.08. The average molecular weight is 421 g/mol. The van der Waals surface area contributed by atoms with E-state index in [9.17, 15) is 4.79 Å². The number of amides is 1. The van der Waals surface area contributed by atoms with Gasteiger partial charge in [-0.25, -0.2) is 9.67 Å². The van der Waals surface area contributed by atoms with E-state index in [1.807, 2.05) is 10.7 Å². The van der Waals surface area contributed by atoms with Crippen molar-refractivity contribution in [2.24, 2.45) is 0 Å². The third-order valence-electron chi connectivity index (χ3n) is 6.22. The number of quaternary nitrogens is 1.